The summed E-state index contributed by atoms with van der Waals surface area (Å²) in [6, 6.07) is 2.92. The molecule has 1 aromatic rings. The van der Waals surface area contributed by atoms with Gasteiger partial charge in [-0.1, -0.05) is 19.3 Å². The van der Waals surface area contributed by atoms with Crippen molar-refractivity contribution in [2.45, 2.75) is 44.2 Å². The van der Waals surface area contributed by atoms with Crippen molar-refractivity contribution in [2.75, 3.05) is 13.6 Å². The van der Waals surface area contributed by atoms with Crippen LogP contribution in [0.5, 0.6) is 0 Å². The van der Waals surface area contributed by atoms with E-state index in [1.54, 1.807) is 12.1 Å². The fraction of sp³-hybridized carbons (Fsp3) is 0.562. The Morgan fingerprint density at radius 2 is 1.96 bits per heavy atom. The van der Waals surface area contributed by atoms with Gasteiger partial charge in [0.25, 0.3) is 0 Å². The second kappa shape index (κ2) is 7.85. The predicted molar refractivity (Wildman–Crippen MR) is 85.2 cm³/mol. The van der Waals surface area contributed by atoms with Crippen LogP contribution in [0.25, 0.3) is 0 Å². The third-order valence-electron chi connectivity index (χ3n) is 4.50. The topological polar surface area (TPSA) is 112 Å². The van der Waals surface area contributed by atoms with E-state index in [1.807, 2.05) is 0 Å². The van der Waals surface area contributed by atoms with Gasteiger partial charge in [-0.05, 0) is 25.0 Å². The third kappa shape index (κ3) is 4.06. The molecule has 0 spiro atoms. The molecule has 3 N–H and O–H groups in total. The highest BCUT2D eigenvalue weighted by atomic mass is 16.4. The first-order chi connectivity index (χ1) is 11.5. The Hall–Kier alpha value is -2.51. The molecular formula is C16H23N3O5. The number of rotatable bonds is 6. The molecule has 0 aliphatic heterocycles. The molecule has 0 aromatic carbocycles. The summed E-state index contributed by atoms with van der Waals surface area (Å²) in [5, 5.41) is 14.6. The molecule has 1 aliphatic rings. The first-order valence-corrected chi connectivity index (χ1v) is 8.00. The van der Waals surface area contributed by atoms with Crippen molar-refractivity contribution in [1.82, 2.24) is 15.5 Å². The highest BCUT2D eigenvalue weighted by Crippen LogP contribution is 2.33. The number of likely N-dealkylation sites (N-methyl/N-ethyl adjacent to an activating group) is 1. The van der Waals surface area contributed by atoms with Crippen LogP contribution in [-0.4, -0.2) is 47.0 Å². The Balaban J connectivity index is 1.84. The number of nitrogens with one attached hydrogen (secondary N) is 2. The van der Waals surface area contributed by atoms with Crippen LogP contribution in [0, 0.1) is 0 Å². The fourth-order valence-electron chi connectivity index (χ4n) is 2.99. The van der Waals surface area contributed by atoms with E-state index in [9.17, 15) is 19.5 Å². The van der Waals surface area contributed by atoms with E-state index < -0.39 is 23.4 Å². The molecule has 0 atom stereocenters. The van der Waals surface area contributed by atoms with Crippen LogP contribution < -0.4 is 10.6 Å². The summed E-state index contributed by atoms with van der Waals surface area (Å²) in [4.78, 5) is 37.0. The van der Waals surface area contributed by atoms with Crippen molar-refractivity contribution < 1.29 is 23.9 Å². The molecule has 0 bridgehead atoms. The number of aliphatic carboxylic acids is 1. The maximum Gasteiger partial charge on any atom is 0.329 e. The van der Waals surface area contributed by atoms with Crippen LogP contribution in [0.2, 0.25) is 0 Å². The molecule has 24 heavy (non-hydrogen) atoms. The Bertz CT molecular complexity index is 579. The summed E-state index contributed by atoms with van der Waals surface area (Å²) in [6.07, 6.45) is 4.92. The maximum atomic E-state index is 12.3. The highest BCUT2D eigenvalue weighted by Gasteiger charge is 2.45. The summed E-state index contributed by atoms with van der Waals surface area (Å²) in [6.45, 7) is -0.0442. The van der Waals surface area contributed by atoms with Crippen molar-refractivity contribution in [1.29, 1.82) is 0 Å². The van der Waals surface area contributed by atoms with E-state index in [0.717, 1.165) is 19.3 Å². The van der Waals surface area contributed by atoms with Gasteiger partial charge in [0.15, 0.2) is 0 Å². The van der Waals surface area contributed by atoms with Gasteiger partial charge in [-0.25, -0.2) is 9.59 Å². The Morgan fingerprint density at radius 1 is 1.25 bits per heavy atom. The van der Waals surface area contributed by atoms with Crippen LogP contribution in [0.3, 0.4) is 0 Å². The molecule has 2 rings (SSSR count). The lowest BCUT2D eigenvalue weighted by Crippen LogP contribution is -2.58. The van der Waals surface area contributed by atoms with Crippen molar-refractivity contribution in [3.05, 3.63) is 24.2 Å². The van der Waals surface area contributed by atoms with E-state index in [-0.39, 0.29) is 13.1 Å². The Kier molecular flexibility index (Phi) is 5.83. The van der Waals surface area contributed by atoms with Crippen molar-refractivity contribution in [3.8, 4) is 0 Å². The second-order valence-electron chi connectivity index (χ2n) is 5.97. The molecule has 8 nitrogen and oxygen atoms in total. The van der Waals surface area contributed by atoms with Gasteiger partial charge in [0.2, 0.25) is 5.91 Å². The first-order valence-electron chi connectivity index (χ1n) is 8.00. The van der Waals surface area contributed by atoms with Gasteiger partial charge < -0.3 is 25.1 Å². The lowest BCUT2D eigenvalue weighted by molar-refractivity contribution is -0.159. The molecule has 1 heterocycles. The molecular weight excluding hydrogens is 314 g/mol. The van der Waals surface area contributed by atoms with Crippen LogP contribution in [0.4, 0.5) is 4.79 Å². The van der Waals surface area contributed by atoms with Crippen molar-refractivity contribution >= 4 is 17.9 Å². The average molecular weight is 337 g/mol. The minimum absolute atomic E-state index is 0.210. The molecule has 1 aliphatic carbocycles. The number of carboxylic acids is 1. The van der Waals surface area contributed by atoms with E-state index >= 15 is 0 Å². The summed E-state index contributed by atoms with van der Waals surface area (Å²) >= 11 is 0. The van der Waals surface area contributed by atoms with Gasteiger partial charge in [-0.15, -0.1) is 0 Å². The van der Waals surface area contributed by atoms with Crippen LogP contribution >= 0.6 is 0 Å². The number of furan rings is 1. The molecule has 1 saturated carbocycles. The smallest absolute Gasteiger partial charge is 0.329 e. The highest BCUT2D eigenvalue weighted by molar-refractivity contribution is 5.89. The number of urea groups is 1. The summed E-state index contributed by atoms with van der Waals surface area (Å²) < 4.78 is 5.08. The molecule has 1 fully saturated rings. The lowest BCUT2D eigenvalue weighted by atomic mass is 9.80. The largest absolute Gasteiger partial charge is 0.479 e. The maximum absolute atomic E-state index is 12.3. The van der Waals surface area contributed by atoms with E-state index in [4.69, 9.17) is 4.42 Å². The van der Waals surface area contributed by atoms with E-state index in [0.29, 0.717) is 18.6 Å². The standard InChI is InChI=1S/C16H23N3O5/c1-19(16(14(21)22)7-3-2-4-8-16)13(20)11-18-15(23)17-10-12-6-5-9-24-12/h5-6,9H,2-4,7-8,10-11H2,1H3,(H,21,22)(H2,17,18,23). The quantitative estimate of drug-likeness (QED) is 0.725. The Morgan fingerprint density at radius 3 is 2.54 bits per heavy atom. The van der Waals surface area contributed by atoms with Gasteiger partial charge in [-0.3, -0.25) is 4.79 Å². The number of hydrogen-bond acceptors (Lipinski definition) is 4. The van der Waals surface area contributed by atoms with Gasteiger partial charge in [-0.2, -0.15) is 0 Å². The number of nitrogens with zero attached hydrogens (tertiary/aromatic N) is 1. The number of carbonyl (C=O) groups is 3. The second-order valence-corrected chi connectivity index (χ2v) is 5.97. The molecule has 0 radical (unpaired) electrons. The van der Waals surface area contributed by atoms with Gasteiger partial charge in [0, 0.05) is 7.05 Å². The third-order valence-corrected chi connectivity index (χ3v) is 4.50. The van der Waals surface area contributed by atoms with Gasteiger partial charge >= 0.3 is 12.0 Å². The van der Waals surface area contributed by atoms with Gasteiger partial charge in [0.1, 0.15) is 11.3 Å². The summed E-state index contributed by atoms with van der Waals surface area (Å²) in [5.74, 6) is -0.812. The zero-order chi connectivity index (χ0) is 17.6. The number of carbonyl (C=O) groups excluding carboxylic acids is 2. The number of amides is 3. The Labute approximate surface area is 140 Å². The lowest BCUT2D eigenvalue weighted by Gasteiger charge is -2.41. The van der Waals surface area contributed by atoms with E-state index in [2.05, 4.69) is 10.6 Å². The minimum atomic E-state index is -1.17. The summed E-state index contributed by atoms with van der Waals surface area (Å²) in [5.41, 5.74) is -1.17. The van der Waals surface area contributed by atoms with Crippen LogP contribution in [0.1, 0.15) is 37.9 Å². The molecule has 1 aromatic heterocycles. The monoisotopic (exact) mass is 337 g/mol. The van der Waals surface area contributed by atoms with Crippen LogP contribution in [-0.2, 0) is 16.1 Å². The number of carboxylic acid groups (broad SMARTS) is 1. The van der Waals surface area contributed by atoms with Crippen molar-refractivity contribution in [2.24, 2.45) is 0 Å². The summed E-state index contributed by atoms with van der Waals surface area (Å²) in [7, 11) is 1.49. The molecule has 8 heteroatoms. The minimum Gasteiger partial charge on any atom is -0.479 e. The number of hydrogen-bond donors (Lipinski definition) is 3. The zero-order valence-electron chi connectivity index (χ0n) is 13.7. The predicted octanol–water partition coefficient (Wildman–Crippen LogP) is 1.32. The van der Waals surface area contributed by atoms with Gasteiger partial charge in [0.05, 0.1) is 19.4 Å². The SMILES string of the molecule is CN(C(=O)CNC(=O)NCc1ccco1)C1(C(=O)O)CCCCC1. The molecule has 132 valence electrons. The fourth-order valence-corrected chi connectivity index (χ4v) is 2.99. The molecule has 3 amide bonds. The van der Waals surface area contributed by atoms with Crippen molar-refractivity contribution in [3.63, 3.8) is 0 Å². The normalized spacial score (nSPS) is 16.2. The molecule has 0 saturated heterocycles. The first kappa shape index (κ1) is 17.8. The zero-order valence-corrected chi connectivity index (χ0v) is 13.7. The molecule has 0 unspecified atom stereocenters. The average Bonchev–Trinajstić information content (AvgIpc) is 3.11. The van der Waals surface area contributed by atoms with Crippen LogP contribution in [0.15, 0.2) is 22.8 Å². The van der Waals surface area contributed by atoms with E-state index in [1.165, 1.54) is 18.2 Å².